The second-order valence-electron chi connectivity index (χ2n) is 5.45. The van der Waals surface area contributed by atoms with Crippen molar-refractivity contribution in [1.29, 1.82) is 0 Å². The van der Waals surface area contributed by atoms with Gasteiger partial charge in [-0.1, -0.05) is 6.07 Å². The summed E-state index contributed by atoms with van der Waals surface area (Å²) >= 11 is 0. The molecule has 0 aliphatic carbocycles. The molecule has 8 heteroatoms. The van der Waals surface area contributed by atoms with E-state index in [1.807, 2.05) is 28.8 Å². The lowest BCUT2D eigenvalue weighted by Crippen LogP contribution is -2.30. The first-order chi connectivity index (χ1) is 12.3. The van der Waals surface area contributed by atoms with Gasteiger partial charge in [-0.05, 0) is 24.3 Å². The molecule has 0 radical (unpaired) electrons. The summed E-state index contributed by atoms with van der Waals surface area (Å²) < 4.78 is 17.9. The van der Waals surface area contributed by atoms with E-state index in [1.165, 1.54) is 0 Å². The van der Waals surface area contributed by atoms with Gasteiger partial charge in [-0.25, -0.2) is 0 Å². The Morgan fingerprint density at radius 3 is 3.08 bits per heavy atom. The lowest BCUT2D eigenvalue weighted by Gasteiger charge is -2.07. The van der Waals surface area contributed by atoms with Crippen LogP contribution in [-0.4, -0.2) is 40.4 Å². The molecule has 0 saturated heterocycles. The van der Waals surface area contributed by atoms with E-state index in [1.54, 1.807) is 18.2 Å². The van der Waals surface area contributed by atoms with Crippen LogP contribution in [0.4, 0.5) is 0 Å². The Balaban J connectivity index is 1.25. The predicted molar refractivity (Wildman–Crippen MR) is 87.8 cm³/mol. The van der Waals surface area contributed by atoms with Crippen molar-refractivity contribution in [3.8, 4) is 17.2 Å². The van der Waals surface area contributed by atoms with E-state index in [0.717, 1.165) is 11.5 Å². The van der Waals surface area contributed by atoms with Gasteiger partial charge in [-0.3, -0.25) is 9.20 Å². The molecule has 3 aromatic rings. The van der Waals surface area contributed by atoms with Crippen LogP contribution in [0.1, 0.15) is 5.82 Å². The summed E-state index contributed by atoms with van der Waals surface area (Å²) in [6.45, 7) is 0.593. The van der Waals surface area contributed by atoms with E-state index in [0.29, 0.717) is 30.2 Å². The zero-order valence-corrected chi connectivity index (χ0v) is 13.3. The van der Waals surface area contributed by atoms with Crippen molar-refractivity contribution < 1.29 is 19.0 Å². The standard InChI is InChI=1S/C17H16N4O4/c22-17(10-23-12-4-5-13-14(9-12)25-11-24-13)18-7-6-16-20-19-15-3-1-2-8-21(15)16/h1-5,8-9H,6-7,10-11H2,(H,18,22). The van der Waals surface area contributed by atoms with Gasteiger partial charge in [0.2, 0.25) is 6.79 Å². The van der Waals surface area contributed by atoms with Crippen molar-refractivity contribution in [1.82, 2.24) is 19.9 Å². The van der Waals surface area contributed by atoms with Crippen molar-refractivity contribution in [2.45, 2.75) is 6.42 Å². The quantitative estimate of drug-likeness (QED) is 0.725. The first-order valence-corrected chi connectivity index (χ1v) is 7.87. The smallest absolute Gasteiger partial charge is 0.257 e. The molecule has 1 N–H and O–H groups in total. The highest BCUT2D eigenvalue weighted by atomic mass is 16.7. The molecule has 0 saturated carbocycles. The third-order valence-electron chi connectivity index (χ3n) is 3.77. The van der Waals surface area contributed by atoms with E-state index in [4.69, 9.17) is 14.2 Å². The van der Waals surface area contributed by atoms with Gasteiger partial charge in [-0.2, -0.15) is 0 Å². The number of pyridine rings is 1. The fraction of sp³-hybridized carbons (Fsp3) is 0.235. The molecule has 3 heterocycles. The monoisotopic (exact) mass is 340 g/mol. The Hall–Kier alpha value is -3.29. The summed E-state index contributed by atoms with van der Waals surface area (Å²) in [7, 11) is 0. The van der Waals surface area contributed by atoms with Gasteiger partial charge < -0.3 is 19.5 Å². The zero-order chi connectivity index (χ0) is 17.1. The number of fused-ring (bicyclic) bond motifs is 2. The van der Waals surface area contributed by atoms with Crippen molar-refractivity contribution in [2.24, 2.45) is 0 Å². The van der Waals surface area contributed by atoms with Gasteiger partial charge in [0.05, 0.1) is 0 Å². The van der Waals surface area contributed by atoms with Crippen LogP contribution in [-0.2, 0) is 11.2 Å². The van der Waals surface area contributed by atoms with Crippen LogP contribution in [0.2, 0.25) is 0 Å². The minimum atomic E-state index is -0.202. The van der Waals surface area contributed by atoms with Crippen molar-refractivity contribution in [3.05, 3.63) is 48.4 Å². The van der Waals surface area contributed by atoms with Gasteiger partial charge in [0.1, 0.15) is 11.6 Å². The van der Waals surface area contributed by atoms with Gasteiger partial charge in [0, 0.05) is 25.2 Å². The number of rotatable bonds is 6. The molecule has 0 atom stereocenters. The van der Waals surface area contributed by atoms with Crippen LogP contribution in [0.3, 0.4) is 0 Å². The largest absolute Gasteiger partial charge is 0.484 e. The van der Waals surface area contributed by atoms with E-state index >= 15 is 0 Å². The number of amides is 1. The number of nitrogens with one attached hydrogen (secondary N) is 1. The molecular formula is C17H16N4O4. The molecule has 0 bridgehead atoms. The highest BCUT2D eigenvalue weighted by Crippen LogP contribution is 2.34. The van der Waals surface area contributed by atoms with Crippen molar-refractivity contribution in [2.75, 3.05) is 19.9 Å². The summed E-state index contributed by atoms with van der Waals surface area (Å²) in [5, 5.41) is 11.0. The molecule has 1 aromatic carbocycles. The molecular weight excluding hydrogens is 324 g/mol. The molecule has 0 spiro atoms. The summed E-state index contributed by atoms with van der Waals surface area (Å²) in [5.74, 6) is 2.45. The molecule has 1 aliphatic rings. The van der Waals surface area contributed by atoms with E-state index in [9.17, 15) is 4.79 Å². The SMILES string of the molecule is O=C(COc1ccc2c(c1)OCO2)NCCc1nnc2ccccn12. The highest BCUT2D eigenvalue weighted by Gasteiger charge is 2.14. The average molecular weight is 340 g/mol. The van der Waals surface area contributed by atoms with E-state index < -0.39 is 0 Å². The fourth-order valence-corrected chi connectivity index (χ4v) is 2.54. The molecule has 128 valence electrons. The Bertz CT molecular complexity index is 909. The highest BCUT2D eigenvalue weighted by molar-refractivity contribution is 5.77. The Morgan fingerprint density at radius 1 is 1.20 bits per heavy atom. The average Bonchev–Trinajstić information content (AvgIpc) is 3.26. The van der Waals surface area contributed by atoms with Crippen LogP contribution in [0.5, 0.6) is 17.2 Å². The second-order valence-corrected chi connectivity index (χ2v) is 5.45. The first kappa shape index (κ1) is 15.3. The fourth-order valence-electron chi connectivity index (χ4n) is 2.54. The summed E-state index contributed by atoms with van der Waals surface area (Å²) in [5.41, 5.74) is 0.787. The van der Waals surface area contributed by atoms with Crippen molar-refractivity contribution >= 4 is 11.6 Å². The van der Waals surface area contributed by atoms with Gasteiger partial charge in [-0.15, -0.1) is 10.2 Å². The lowest BCUT2D eigenvalue weighted by molar-refractivity contribution is -0.123. The number of carbonyl (C=O) groups is 1. The van der Waals surface area contributed by atoms with Crippen LogP contribution in [0.25, 0.3) is 5.65 Å². The minimum Gasteiger partial charge on any atom is -0.484 e. The van der Waals surface area contributed by atoms with Crippen LogP contribution in [0, 0.1) is 0 Å². The molecule has 1 aliphatic heterocycles. The third-order valence-corrected chi connectivity index (χ3v) is 3.77. The molecule has 4 rings (SSSR count). The maximum atomic E-state index is 11.9. The number of hydrogen-bond acceptors (Lipinski definition) is 6. The van der Waals surface area contributed by atoms with E-state index in [2.05, 4.69) is 15.5 Å². The number of aromatic nitrogens is 3. The zero-order valence-electron chi connectivity index (χ0n) is 13.3. The maximum Gasteiger partial charge on any atom is 0.257 e. The van der Waals surface area contributed by atoms with Crippen molar-refractivity contribution in [3.63, 3.8) is 0 Å². The molecule has 8 nitrogen and oxygen atoms in total. The van der Waals surface area contributed by atoms with Crippen LogP contribution in [0.15, 0.2) is 42.6 Å². The summed E-state index contributed by atoms with van der Waals surface area (Å²) in [4.78, 5) is 11.9. The van der Waals surface area contributed by atoms with Gasteiger partial charge in [0.15, 0.2) is 23.8 Å². The lowest BCUT2D eigenvalue weighted by atomic mass is 10.3. The number of benzene rings is 1. The number of carbonyl (C=O) groups excluding carboxylic acids is 1. The summed E-state index contributed by atoms with van der Waals surface area (Å²) in [6.07, 6.45) is 2.48. The number of nitrogens with zero attached hydrogens (tertiary/aromatic N) is 3. The number of ether oxygens (including phenoxy) is 3. The topological polar surface area (TPSA) is 87.0 Å². The van der Waals surface area contributed by atoms with Gasteiger partial charge >= 0.3 is 0 Å². The van der Waals surface area contributed by atoms with Gasteiger partial charge in [0.25, 0.3) is 5.91 Å². The maximum absolute atomic E-state index is 11.9. The molecule has 1 amide bonds. The normalized spacial score (nSPS) is 12.3. The molecule has 0 unspecified atom stereocenters. The Morgan fingerprint density at radius 2 is 2.12 bits per heavy atom. The van der Waals surface area contributed by atoms with Crippen LogP contribution >= 0.6 is 0 Å². The Kier molecular flexibility index (Phi) is 4.07. The molecule has 2 aromatic heterocycles. The van der Waals surface area contributed by atoms with E-state index in [-0.39, 0.29) is 19.3 Å². The Labute approximate surface area is 143 Å². The predicted octanol–water partition coefficient (Wildman–Crippen LogP) is 1.20. The van der Waals surface area contributed by atoms with Crippen LogP contribution < -0.4 is 19.5 Å². The first-order valence-electron chi connectivity index (χ1n) is 7.87. The third kappa shape index (κ3) is 3.32. The molecule has 25 heavy (non-hydrogen) atoms. The minimum absolute atomic E-state index is 0.0692. The summed E-state index contributed by atoms with van der Waals surface area (Å²) in [6, 6.07) is 10.9. The second kappa shape index (κ2) is 6.68. The molecule has 0 fully saturated rings. The number of hydrogen-bond donors (Lipinski definition) is 1.